The highest BCUT2D eigenvalue weighted by molar-refractivity contribution is 5.89. The van der Waals surface area contributed by atoms with Gasteiger partial charge in [0, 0.05) is 12.1 Å². The van der Waals surface area contributed by atoms with Crippen LogP contribution in [-0.4, -0.2) is 46.2 Å². The predicted molar refractivity (Wildman–Crippen MR) is 98.2 cm³/mol. The van der Waals surface area contributed by atoms with E-state index in [9.17, 15) is 4.79 Å². The van der Waals surface area contributed by atoms with Gasteiger partial charge < -0.3 is 23.7 Å². The van der Waals surface area contributed by atoms with E-state index in [2.05, 4.69) is 10.5 Å². The summed E-state index contributed by atoms with van der Waals surface area (Å²) >= 11 is 0. The molecular formula is C19H20N2O6. The molecule has 1 atom stereocenters. The fourth-order valence-electron chi connectivity index (χ4n) is 2.54. The molecule has 0 bridgehead atoms. The van der Waals surface area contributed by atoms with Crippen LogP contribution in [0.4, 0.5) is 0 Å². The van der Waals surface area contributed by atoms with Gasteiger partial charge in [-0.05, 0) is 12.1 Å². The molecule has 2 aromatic carbocycles. The van der Waals surface area contributed by atoms with Crippen molar-refractivity contribution >= 4 is 12.1 Å². The van der Waals surface area contributed by atoms with Crippen molar-refractivity contribution in [2.24, 2.45) is 5.10 Å². The van der Waals surface area contributed by atoms with Crippen LogP contribution < -0.4 is 29.1 Å². The lowest BCUT2D eigenvalue weighted by Gasteiger charge is -2.24. The van der Waals surface area contributed by atoms with Crippen LogP contribution in [0.1, 0.15) is 5.56 Å². The first-order valence-electron chi connectivity index (χ1n) is 8.17. The van der Waals surface area contributed by atoms with Crippen molar-refractivity contribution < 1.29 is 28.5 Å². The normalized spacial score (nSPS) is 15.3. The summed E-state index contributed by atoms with van der Waals surface area (Å²) in [6, 6.07) is 10.6. The van der Waals surface area contributed by atoms with Gasteiger partial charge in [-0.15, -0.1) is 0 Å². The maximum absolute atomic E-state index is 12.3. The number of hydrazone groups is 1. The van der Waals surface area contributed by atoms with E-state index in [1.165, 1.54) is 20.4 Å². The summed E-state index contributed by atoms with van der Waals surface area (Å²) < 4.78 is 27.0. The second-order valence-corrected chi connectivity index (χ2v) is 5.54. The number of rotatable bonds is 6. The minimum Gasteiger partial charge on any atom is -0.496 e. The van der Waals surface area contributed by atoms with Gasteiger partial charge in [0.05, 0.1) is 33.1 Å². The molecular weight excluding hydrogens is 352 g/mol. The number of nitrogens with zero attached hydrogens (tertiary/aromatic N) is 1. The Bertz CT molecular complexity index is 827. The largest absolute Gasteiger partial charge is 0.496 e. The fourth-order valence-corrected chi connectivity index (χ4v) is 2.54. The first-order chi connectivity index (χ1) is 13.2. The zero-order chi connectivity index (χ0) is 19.2. The molecule has 0 unspecified atom stereocenters. The number of carbonyl (C=O) groups excluding carboxylic acids is 1. The summed E-state index contributed by atoms with van der Waals surface area (Å²) in [6.45, 7) is 0.105. The van der Waals surface area contributed by atoms with E-state index in [1.807, 2.05) is 12.1 Å². The first kappa shape index (κ1) is 18.4. The lowest BCUT2D eigenvalue weighted by molar-refractivity contribution is -0.130. The molecule has 1 N–H and O–H groups in total. The predicted octanol–water partition coefficient (Wildman–Crippen LogP) is 2.00. The lowest BCUT2D eigenvalue weighted by atomic mass is 10.2. The van der Waals surface area contributed by atoms with E-state index in [4.69, 9.17) is 23.7 Å². The average Bonchev–Trinajstić information content (AvgIpc) is 2.72. The van der Waals surface area contributed by atoms with Crippen LogP contribution in [0, 0.1) is 0 Å². The highest BCUT2D eigenvalue weighted by atomic mass is 16.6. The van der Waals surface area contributed by atoms with Crippen molar-refractivity contribution in [2.75, 3.05) is 27.9 Å². The summed E-state index contributed by atoms with van der Waals surface area (Å²) in [5.41, 5.74) is 3.01. The third-order valence-corrected chi connectivity index (χ3v) is 3.92. The molecule has 0 saturated carbocycles. The molecule has 27 heavy (non-hydrogen) atoms. The minimum atomic E-state index is -0.795. The molecule has 0 radical (unpaired) electrons. The number of nitrogens with one attached hydrogen (secondary N) is 1. The molecule has 2 aromatic rings. The Morgan fingerprint density at radius 2 is 1.78 bits per heavy atom. The monoisotopic (exact) mass is 372 g/mol. The Kier molecular flexibility index (Phi) is 5.65. The Hall–Kier alpha value is -3.42. The third-order valence-electron chi connectivity index (χ3n) is 3.92. The molecule has 1 heterocycles. The summed E-state index contributed by atoms with van der Waals surface area (Å²) in [4.78, 5) is 12.3. The summed E-state index contributed by atoms with van der Waals surface area (Å²) in [6.07, 6.45) is 0.642. The van der Waals surface area contributed by atoms with E-state index < -0.39 is 12.0 Å². The quantitative estimate of drug-likeness (QED) is 0.616. The van der Waals surface area contributed by atoms with Gasteiger partial charge >= 0.3 is 0 Å². The van der Waals surface area contributed by atoms with Gasteiger partial charge in [0.1, 0.15) is 23.9 Å². The van der Waals surface area contributed by atoms with Crippen molar-refractivity contribution in [3.63, 3.8) is 0 Å². The summed E-state index contributed by atoms with van der Waals surface area (Å²) in [5.74, 6) is 2.28. The molecule has 0 saturated heterocycles. The molecule has 1 amide bonds. The first-order valence-corrected chi connectivity index (χ1v) is 8.17. The number of ether oxygens (including phenoxy) is 5. The van der Waals surface area contributed by atoms with Crippen LogP contribution in [0.3, 0.4) is 0 Å². The molecule has 1 aliphatic rings. The SMILES string of the molecule is COc1cc(OC)c(/C=N\NC(=O)[C@@H]2COc3ccccc3O2)c(OC)c1. The number of hydrogen-bond acceptors (Lipinski definition) is 7. The van der Waals surface area contributed by atoms with Gasteiger partial charge in [0.15, 0.2) is 11.5 Å². The Labute approximate surface area is 156 Å². The second kappa shape index (κ2) is 8.31. The van der Waals surface area contributed by atoms with Gasteiger partial charge in [-0.1, -0.05) is 12.1 Å². The summed E-state index contributed by atoms with van der Waals surface area (Å²) in [7, 11) is 4.59. The summed E-state index contributed by atoms with van der Waals surface area (Å²) in [5, 5.41) is 3.98. The van der Waals surface area contributed by atoms with Crippen molar-refractivity contribution in [1.82, 2.24) is 5.43 Å². The lowest BCUT2D eigenvalue weighted by Crippen LogP contribution is -2.42. The highest BCUT2D eigenvalue weighted by Gasteiger charge is 2.27. The van der Waals surface area contributed by atoms with Gasteiger partial charge in [-0.3, -0.25) is 4.79 Å². The van der Waals surface area contributed by atoms with Gasteiger partial charge in [-0.25, -0.2) is 5.43 Å². The zero-order valence-corrected chi connectivity index (χ0v) is 15.2. The number of fused-ring (bicyclic) bond motifs is 1. The standard InChI is InChI=1S/C19H20N2O6/c1-23-12-8-16(24-2)13(17(9-12)25-3)10-20-21-19(22)18-11-26-14-6-4-5-7-15(14)27-18/h4-10,18H,11H2,1-3H3,(H,21,22)/b20-10-/t18-/m0/s1. The van der Waals surface area contributed by atoms with Gasteiger partial charge in [-0.2, -0.15) is 5.10 Å². The average molecular weight is 372 g/mol. The molecule has 3 rings (SSSR count). The van der Waals surface area contributed by atoms with Crippen LogP contribution in [0.2, 0.25) is 0 Å². The molecule has 1 aliphatic heterocycles. The molecule has 8 nitrogen and oxygen atoms in total. The number of carbonyl (C=O) groups is 1. The maximum Gasteiger partial charge on any atom is 0.284 e. The number of methoxy groups -OCH3 is 3. The highest BCUT2D eigenvalue weighted by Crippen LogP contribution is 2.33. The van der Waals surface area contributed by atoms with Crippen LogP contribution in [-0.2, 0) is 4.79 Å². The van der Waals surface area contributed by atoms with Crippen LogP contribution >= 0.6 is 0 Å². The smallest absolute Gasteiger partial charge is 0.284 e. The van der Waals surface area contributed by atoms with Crippen molar-refractivity contribution in [1.29, 1.82) is 0 Å². The van der Waals surface area contributed by atoms with E-state index >= 15 is 0 Å². The van der Waals surface area contributed by atoms with E-state index in [1.54, 1.807) is 31.4 Å². The second-order valence-electron chi connectivity index (χ2n) is 5.54. The number of amides is 1. The Morgan fingerprint density at radius 3 is 2.41 bits per heavy atom. The van der Waals surface area contributed by atoms with Crippen LogP contribution in [0.25, 0.3) is 0 Å². The van der Waals surface area contributed by atoms with Crippen molar-refractivity contribution in [2.45, 2.75) is 6.10 Å². The topological polar surface area (TPSA) is 87.6 Å². The Morgan fingerprint density at radius 1 is 1.11 bits per heavy atom. The van der Waals surface area contributed by atoms with Crippen molar-refractivity contribution in [3.05, 3.63) is 42.0 Å². The molecule has 0 spiro atoms. The van der Waals surface area contributed by atoms with E-state index in [0.29, 0.717) is 34.3 Å². The minimum absolute atomic E-state index is 0.105. The third kappa shape index (κ3) is 4.05. The fraction of sp³-hybridized carbons (Fsp3) is 0.263. The van der Waals surface area contributed by atoms with E-state index in [0.717, 1.165) is 0 Å². The molecule has 142 valence electrons. The van der Waals surface area contributed by atoms with Crippen LogP contribution in [0.5, 0.6) is 28.7 Å². The maximum atomic E-state index is 12.3. The van der Waals surface area contributed by atoms with Gasteiger partial charge in [0.25, 0.3) is 5.91 Å². The number of para-hydroxylation sites is 2. The molecule has 0 aliphatic carbocycles. The van der Waals surface area contributed by atoms with E-state index in [-0.39, 0.29) is 6.61 Å². The molecule has 0 fully saturated rings. The Balaban J connectivity index is 1.70. The van der Waals surface area contributed by atoms with Crippen molar-refractivity contribution in [3.8, 4) is 28.7 Å². The zero-order valence-electron chi connectivity index (χ0n) is 15.2. The molecule has 8 heteroatoms. The van der Waals surface area contributed by atoms with Gasteiger partial charge in [0.2, 0.25) is 6.10 Å². The number of hydrogen-bond donors (Lipinski definition) is 1. The number of benzene rings is 2. The van der Waals surface area contributed by atoms with Crippen LogP contribution in [0.15, 0.2) is 41.5 Å². The molecule has 0 aromatic heterocycles.